The van der Waals surface area contributed by atoms with E-state index in [4.69, 9.17) is 4.42 Å². The Hall–Kier alpha value is -1.17. The van der Waals surface area contributed by atoms with Crippen molar-refractivity contribution in [3.8, 4) is 0 Å². The molecule has 0 fully saturated rings. The van der Waals surface area contributed by atoms with Gasteiger partial charge in [-0.3, -0.25) is 4.90 Å². The first kappa shape index (κ1) is 15.2. The maximum Gasteiger partial charge on any atom is 0.122 e. The number of thiazole rings is 1. The Labute approximate surface area is 124 Å². The summed E-state index contributed by atoms with van der Waals surface area (Å²) in [5, 5.41) is 5.52. The summed E-state index contributed by atoms with van der Waals surface area (Å²) in [6, 6.07) is 2.06. The van der Waals surface area contributed by atoms with Crippen LogP contribution >= 0.6 is 11.3 Å². The fourth-order valence-corrected chi connectivity index (χ4v) is 2.63. The molecule has 110 valence electrons. The van der Waals surface area contributed by atoms with E-state index in [2.05, 4.69) is 47.5 Å². The molecule has 0 aliphatic heterocycles. The van der Waals surface area contributed by atoms with Gasteiger partial charge in [-0.2, -0.15) is 0 Å². The van der Waals surface area contributed by atoms with Crippen molar-refractivity contribution in [1.82, 2.24) is 15.2 Å². The van der Waals surface area contributed by atoms with Crippen LogP contribution in [-0.2, 0) is 19.6 Å². The largest absolute Gasteiger partial charge is 0.468 e. The van der Waals surface area contributed by atoms with Gasteiger partial charge in [-0.05, 0) is 25.6 Å². The van der Waals surface area contributed by atoms with Crippen LogP contribution in [0, 0.1) is 5.92 Å². The smallest absolute Gasteiger partial charge is 0.122 e. The highest BCUT2D eigenvalue weighted by Crippen LogP contribution is 2.14. The molecule has 5 heteroatoms. The van der Waals surface area contributed by atoms with Crippen molar-refractivity contribution in [2.24, 2.45) is 5.92 Å². The van der Waals surface area contributed by atoms with E-state index in [0.29, 0.717) is 5.92 Å². The van der Waals surface area contributed by atoms with Gasteiger partial charge >= 0.3 is 0 Å². The molecule has 0 bridgehead atoms. The van der Waals surface area contributed by atoms with Crippen molar-refractivity contribution in [1.29, 1.82) is 0 Å². The number of furan rings is 1. The molecule has 0 aliphatic rings. The lowest BCUT2D eigenvalue weighted by Crippen LogP contribution is -2.21. The standard InChI is InChI=1S/C15H23N3OS/c1-12(2)6-16-7-15-13(4-5-19-15)8-18(3)9-14-10-20-11-17-14/h4-5,10-12,16H,6-9H2,1-3H3. The average Bonchev–Trinajstić information content (AvgIpc) is 3.01. The van der Waals surface area contributed by atoms with Crippen LogP contribution in [0.2, 0.25) is 0 Å². The number of nitrogens with one attached hydrogen (secondary N) is 1. The molecule has 0 saturated carbocycles. The Kier molecular flexibility index (Phi) is 5.76. The average molecular weight is 293 g/mol. The summed E-state index contributed by atoms with van der Waals surface area (Å²) in [5.41, 5.74) is 4.25. The van der Waals surface area contributed by atoms with Gasteiger partial charge in [0, 0.05) is 24.0 Å². The molecule has 0 radical (unpaired) electrons. The van der Waals surface area contributed by atoms with E-state index in [1.54, 1.807) is 17.6 Å². The van der Waals surface area contributed by atoms with Crippen molar-refractivity contribution in [3.05, 3.63) is 40.2 Å². The molecule has 0 aliphatic carbocycles. The summed E-state index contributed by atoms with van der Waals surface area (Å²) in [7, 11) is 2.11. The van der Waals surface area contributed by atoms with E-state index in [0.717, 1.165) is 37.6 Å². The van der Waals surface area contributed by atoms with Gasteiger partial charge in [-0.1, -0.05) is 13.8 Å². The number of nitrogens with zero attached hydrogens (tertiary/aromatic N) is 2. The highest BCUT2D eigenvalue weighted by Gasteiger charge is 2.10. The molecule has 2 aromatic heterocycles. The van der Waals surface area contributed by atoms with Gasteiger partial charge in [-0.15, -0.1) is 11.3 Å². The third-order valence-electron chi connectivity index (χ3n) is 3.03. The fourth-order valence-electron chi connectivity index (χ4n) is 2.08. The van der Waals surface area contributed by atoms with E-state index >= 15 is 0 Å². The molecule has 0 saturated heterocycles. The Bertz CT molecular complexity index is 493. The molecule has 2 aromatic rings. The summed E-state index contributed by atoms with van der Waals surface area (Å²) in [4.78, 5) is 6.57. The number of hydrogen-bond acceptors (Lipinski definition) is 5. The Morgan fingerprint density at radius 1 is 1.40 bits per heavy atom. The summed E-state index contributed by atoms with van der Waals surface area (Å²) < 4.78 is 5.58. The minimum atomic E-state index is 0.653. The van der Waals surface area contributed by atoms with Crippen molar-refractivity contribution in [3.63, 3.8) is 0 Å². The lowest BCUT2D eigenvalue weighted by Gasteiger charge is -2.15. The Morgan fingerprint density at radius 2 is 2.25 bits per heavy atom. The van der Waals surface area contributed by atoms with Gasteiger partial charge < -0.3 is 9.73 Å². The first-order chi connectivity index (χ1) is 9.65. The van der Waals surface area contributed by atoms with E-state index in [1.807, 2.05) is 5.51 Å². The van der Waals surface area contributed by atoms with Crippen LogP contribution < -0.4 is 5.32 Å². The molecule has 2 heterocycles. The normalized spacial score (nSPS) is 11.7. The zero-order valence-corrected chi connectivity index (χ0v) is 13.2. The van der Waals surface area contributed by atoms with Crippen LogP contribution in [0.1, 0.15) is 30.9 Å². The number of rotatable bonds is 8. The minimum Gasteiger partial charge on any atom is -0.468 e. The molecule has 4 nitrogen and oxygen atoms in total. The molecule has 1 N–H and O–H groups in total. The maximum absolute atomic E-state index is 5.58. The van der Waals surface area contributed by atoms with E-state index in [1.165, 1.54) is 5.56 Å². The minimum absolute atomic E-state index is 0.653. The zero-order valence-electron chi connectivity index (χ0n) is 12.4. The van der Waals surface area contributed by atoms with E-state index in [9.17, 15) is 0 Å². The summed E-state index contributed by atoms with van der Waals surface area (Å²) >= 11 is 1.64. The van der Waals surface area contributed by atoms with Gasteiger partial charge in [0.2, 0.25) is 0 Å². The molecule has 20 heavy (non-hydrogen) atoms. The monoisotopic (exact) mass is 293 g/mol. The van der Waals surface area contributed by atoms with Crippen molar-refractivity contribution in [2.75, 3.05) is 13.6 Å². The second-order valence-corrected chi connectivity index (χ2v) is 6.26. The van der Waals surface area contributed by atoms with Crippen LogP contribution in [0.4, 0.5) is 0 Å². The van der Waals surface area contributed by atoms with Crippen LogP contribution in [0.5, 0.6) is 0 Å². The number of aromatic nitrogens is 1. The predicted molar refractivity (Wildman–Crippen MR) is 82.5 cm³/mol. The first-order valence-corrected chi connectivity index (χ1v) is 7.91. The zero-order chi connectivity index (χ0) is 14.4. The molecule has 0 atom stereocenters. The molecule has 2 rings (SSSR count). The summed E-state index contributed by atoms with van der Waals surface area (Å²) in [6.45, 7) is 7.97. The highest BCUT2D eigenvalue weighted by molar-refractivity contribution is 7.07. The molecule has 0 unspecified atom stereocenters. The van der Waals surface area contributed by atoms with Crippen molar-refractivity contribution >= 4 is 11.3 Å². The second-order valence-electron chi connectivity index (χ2n) is 5.55. The van der Waals surface area contributed by atoms with Crippen LogP contribution in [0.15, 0.2) is 27.6 Å². The fraction of sp³-hybridized carbons (Fsp3) is 0.533. The molecular formula is C15H23N3OS. The van der Waals surface area contributed by atoms with Gasteiger partial charge in [0.05, 0.1) is 24.0 Å². The van der Waals surface area contributed by atoms with Gasteiger partial charge in [0.1, 0.15) is 5.76 Å². The maximum atomic E-state index is 5.58. The Morgan fingerprint density at radius 3 is 2.95 bits per heavy atom. The molecule has 0 spiro atoms. The molecular weight excluding hydrogens is 270 g/mol. The third-order valence-corrected chi connectivity index (χ3v) is 3.67. The highest BCUT2D eigenvalue weighted by atomic mass is 32.1. The lowest BCUT2D eigenvalue weighted by molar-refractivity contribution is 0.311. The van der Waals surface area contributed by atoms with E-state index in [-0.39, 0.29) is 0 Å². The number of hydrogen-bond donors (Lipinski definition) is 1. The first-order valence-electron chi connectivity index (χ1n) is 6.96. The molecule has 0 aromatic carbocycles. The van der Waals surface area contributed by atoms with Gasteiger partial charge in [-0.25, -0.2) is 4.98 Å². The summed E-state index contributed by atoms with van der Waals surface area (Å²) in [6.07, 6.45) is 1.78. The van der Waals surface area contributed by atoms with E-state index < -0.39 is 0 Å². The van der Waals surface area contributed by atoms with Crippen LogP contribution in [0.3, 0.4) is 0 Å². The van der Waals surface area contributed by atoms with Gasteiger partial charge in [0.25, 0.3) is 0 Å². The quantitative estimate of drug-likeness (QED) is 0.812. The second kappa shape index (κ2) is 7.57. The van der Waals surface area contributed by atoms with Gasteiger partial charge in [0.15, 0.2) is 0 Å². The topological polar surface area (TPSA) is 41.3 Å². The Balaban J connectivity index is 1.84. The van der Waals surface area contributed by atoms with Crippen molar-refractivity contribution < 1.29 is 4.42 Å². The van der Waals surface area contributed by atoms with Crippen molar-refractivity contribution in [2.45, 2.75) is 33.5 Å². The lowest BCUT2D eigenvalue weighted by atomic mass is 10.2. The predicted octanol–water partition coefficient (Wildman–Crippen LogP) is 3.11. The summed E-state index contributed by atoms with van der Waals surface area (Å²) in [5.74, 6) is 1.69. The molecule has 0 amide bonds. The van der Waals surface area contributed by atoms with Crippen LogP contribution in [0.25, 0.3) is 0 Å². The third kappa shape index (κ3) is 4.74. The SMILES string of the molecule is CC(C)CNCc1occc1CN(C)Cc1cscn1. The van der Waals surface area contributed by atoms with Crippen LogP contribution in [-0.4, -0.2) is 23.5 Å².